The minimum atomic E-state index is -0.564. The molecule has 1 fully saturated rings. The number of rotatable bonds is 4. The molecule has 1 aromatic heterocycles. The lowest BCUT2D eigenvalue weighted by Gasteiger charge is -2.24. The summed E-state index contributed by atoms with van der Waals surface area (Å²) in [5, 5.41) is 15.5. The number of carbonyl (C=O) groups is 2. The van der Waals surface area contributed by atoms with Crippen molar-refractivity contribution in [2.24, 2.45) is 0 Å². The molecule has 3 aromatic rings. The summed E-state index contributed by atoms with van der Waals surface area (Å²) < 4.78 is 0.779. The van der Waals surface area contributed by atoms with Crippen LogP contribution in [0.4, 0.5) is 15.6 Å². The molecule has 1 aliphatic heterocycles. The first-order valence-corrected chi connectivity index (χ1v) is 11.2. The third-order valence-electron chi connectivity index (χ3n) is 4.66. The number of amides is 3. The van der Waals surface area contributed by atoms with Gasteiger partial charge < -0.3 is 10.2 Å². The van der Waals surface area contributed by atoms with E-state index in [1.165, 1.54) is 11.3 Å². The molecule has 10 heteroatoms. The van der Waals surface area contributed by atoms with Crippen molar-refractivity contribution in [1.29, 1.82) is 0 Å². The molecule has 0 spiro atoms. The fourth-order valence-electron chi connectivity index (χ4n) is 3.23. The molecular formula is C20H17BrClN5O2S. The minimum Gasteiger partial charge on any atom is -0.312 e. The van der Waals surface area contributed by atoms with Gasteiger partial charge in [0, 0.05) is 21.6 Å². The van der Waals surface area contributed by atoms with Crippen molar-refractivity contribution in [3.63, 3.8) is 0 Å². The summed E-state index contributed by atoms with van der Waals surface area (Å²) in [6.45, 7) is 0.512. The highest BCUT2D eigenvalue weighted by Crippen LogP contribution is 2.29. The van der Waals surface area contributed by atoms with Gasteiger partial charge in [-0.2, -0.15) is 0 Å². The van der Waals surface area contributed by atoms with Crippen LogP contribution >= 0.6 is 38.9 Å². The number of para-hydroxylation sites is 1. The Balaban J connectivity index is 1.43. The van der Waals surface area contributed by atoms with Crippen LogP contribution < -0.4 is 10.6 Å². The zero-order valence-corrected chi connectivity index (χ0v) is 18.8. The largest absolute Gasteiger partial charge is 0.322 e. The van der Waals surface area contributed by atoms with Gasteiger partial charge in [-0.15, -0.1) is 10.2 Å². The molecular weight excluding hydrogens is 490 g/mol. The maximum atomic E-state index is 12.8. The monoisotopic (exact) mass is 505 g/mol. The Morgan fingerprint density at radius 1 is 1.13 bits per heavy atom. The maximum Gasteiger partial charge on any atom is 0.322 e. The van der Waals surface area contributed by atoms with Crippen molar-refractivity contribution in [3.8, 4) is 10.6 Å². The second kappa shape index (κ2) is 9.11. The van der Waals surface area contributed by atoms with Crippen molar-refractivity contribution in [2.75, 3.05) is 17.2 Å². The van der Waals surface area contributed by atoms with Crippen LogP contribution in [0.1, 0.15) is 12.8 Å². The summed E-state index contributed by atoms with van der Waals surface area (Å²) in [5.74, 6) is -0.274. The van der Waals surface area contributed by atoms with Crippen molar-refractivity contribution in [2.45, 2.75) is 18.9 Å². The van der Waals surface area contributed by atoms with Gasteiger partial charge in [-0.05, 0) is 53.0 Å². The van der Waals surface area contributed by atoms with Gasteiger partial charge in [0.15, 0.2) is 0 Å². The first-order chi connectivity index (χ1) is 14.5. The smallest absolute Gasteiger partial charge is 0.312 e. The molecule has 30 heavy (non-hydrogen) atoms. The van der Waals surface area contributed by atoms with Gasteiger partial charge in [-0.1, -0.05) is 47.2 Å². The molecule has 154 valence electrons. The number of hydrogen-bond acceptors (Lipinski definition) is 5. The Morgan fingerprint density at radius 3 is 2.77 bits per heavy atom. The van der Waals surface area contributed by atoms with E-state index in [-0.39, 0.29) is 11.9 Å². The summed E-state index contributed by atoms with van der Waals surface area (Å²) in [6, 6.07) is 13.7. The first kappa shape index (κ1) is 20.8. The van der Waals surface area contributed by atoms with Crippen molar-refractivity contribution < 1.29 is 9.59 Å². The molecule has 3 amide bonds. The molecule has 0 radical (unpaired) electrons. The fourth-order valence-corrected chi connectivity index (χ4v) is 4.55. The number of urea groups is 1. The Hall–Kier alpha value is -2.49. The third kappa shape index (κ3) is 4.63. The second-order valence-electron chi connectivity index (χ2n) is 6.67. The molecule has 0 aliphatic carbocycles. The second-order valence-corrected chi connectivity index (χ2v) is 8.94. The molecule has 7 nitrogen and oxygen atoms in total. The Kier molecular flexibility index (Phi) is 6.31. The Morgan fingerprint density at radius 2 is 1.97 bits per heavy atom. The van der Waals surface area contributed by atoms with Crippen LogP contribution in [-0.4, -0.2) is 39.6 Å². The fraction of sp³-hybridized carbons (Fsp3) is 0.200. The van der Waals surface area contributed by atoms with E-state index < -0.39 is 6.04 Å². The predicted octanol–water partition coefficient (Wildman–Crippen LogP) is 5.26. The van der Waals surface area contributed by atoms with Crippen LogP contribution in [0, 0.1) is 0 Å². The van der Waals surface area contributed by atoms with Gasteiger partial charge in [-0.25, -0.2) is 4.79 Å². The Labute approximate surface area is 190 Å². The normalized spacial score (nSPS) is 15.8. The number of nitrogens with one attached hydrogen (secondary N) is 2. The van der Waals surface area contributed by atoms with Gasteiger partial charge in [0.2, 0.25) is 11.0 Å². The van der Waals surface area contributed by atoms with E-state index in [1.54, 1.807) is 23.1 Å². The lowest BCUT2D eigenvalue weighted by atomic mass is 10.2. The van der Waals surface area contributed by atoms with E-state index in [0.717, 1.165) is 16.5 Å². The number of halogens is 2. The number of benzene rings is 2. The van der Waals surface area contributed by atoms with E-state index in [1.807, 2.05) is 30.3 Å². The number of aromatic nitrogens is 2. The van der Waals surface area contributed by atoms with E-state index in [0.29, 0.717) is 33.8 Å². The van der Waals surface area contributed by atoms with Gasteiger partial charge in [0.1, 0.15) is 11.0 Å². The standard InChI is InChI=1S/C20H17BrClN5O2S/c21-14-7-1-2-8-15(14)23-20(29)27-10-4-9-16(27)17(28)24-19-26-25-18(30-19)12-5-3-6-13(22)11-12/h1-3,5-8,11,16H,4,9-10H2,(H,23,29)(H,24,26,28). The summed E-state index contributed by atoms with van der Waals surface area (Å²) >= 11 is 10.7. The topological polar surface area (TPSA) is 87.2 Å². The molecule has 4 rings (SSSR count). The number of likely N-dealkylation sites (tertiary alicyclic amines) is 1. The van der Waals surface area contributed by atoms with Crippen molar-refractivity contribution in [1.82, 2.24) is 15.1 Å². The highest BCUT2D eigenvalue weighted by atomic mass is 79.9. The van der Waals surface area contributed by atoms with E-state index in [9.17, 15) is 9.59 Å². The van der Waals surface area contributed by atoms with Gasteiger partial charge in [-0.3, -0.25) is 10.1 Å². The summed E-state index contributed by atoms with van der Waals surface area (Å²) in [4.78, 5) is 27.1. The van der Waals surface area contributed by atoms with E-state index >= 15 is 0 Å². The third-order valence-corrected chi connectivity index (χ3v) is 6.47. The maximum absolute atomic E-state index is 12.8. The highest BCUT2D eigenvalue weighted by Gasteiger charge is 2.34. The lowest BCUT2D eigenvalue weighted by molar-refractivity contribution is -0.119. The quantitative estimate of drug-likeness (QED) is 0.505. The van der Waals surface area contributed by atoms with Gasteiger partial charge in [0.25, 0.3) is 0 Å². The van der Waals surface area contributed by atoms with Crippen LogP contribution in [0.2, 0.25) is 5.02 Å². The summed E-state index contributed by atoms with van der Waals surface area (Å²) in [6.07, 6.45) is 1.35. The minimum absolute atomic E-state index is 0.274. The lowest BCUT2D eigenvalue weighted by Crippen LogP contribution is -2.45. The molecule has 0 saturated carbocycles. The van der Waals surface area contributed by atoms with Crippen molar-refractivity contribution >= 4 is 61.6 Å². The number of nitrogens with zero attached hydrogens (tertiary/aromatic N) is 3. The number of anilines is 2. The zero-order valence-electron chi connectivity index (χ0n) is 15.6. The Bertz CT molecular complexity index is 1090. The highest BCUT2D eigenvalue weighted by molar-refractivity contribution is 9.10. The molecule has 0 bridgehead atoms. The van der Waals surface area contributed by atoms with E-state index in [2.05, 4.69) is 36.8 Å². The number of hydrogen-bond donors (Lipinski definition) is 2. The molecule has 2 aromatic carbocycles. The van der Waals surface area contributed by atoms with Crippen LogP contribution in [0.15, 0.2) is 53.0 Å². The SMILES string of the molecule is O=C(Nc1nnc(-c2cccc(Cl)c2)s1)C1CCCN1C(=O)Nc1ccccc1Br. The van der Waals surface area contributed by atoms with Crippen LogP contribution in [0.5, 0.6) is 0 Å². The summed E-state index contributed by atoms with van der Waals surface area (Å²) in [7, 11) is 0. The molecule has 1 aliphatic rings. The number of carbonyl (C=O) groups excluding carboxylic acids is 2. The van der Waals surface area contributed by atoms with Gasteiger partial charge in [0.05, 0.1) is 5.69 Å². The molecule has 2 N–H and O–H groups in total. The molecule has 1 atom stereocenters. The summed E-state index contributed by atoms with van der Waals surface area (Å²) in [5.41, 5.74) is 1.49. The van der Waals surface area contributed by atoms with Crippen LogP contribution in [0.3, 0.4) is 0 Å². The molecule has 1 unspecified atom stereocenters. The average Bonchev–Trinajstić information content (AvgIpc) is 3.39. The average molecular weight is 507 g/mol. The zero-order chi connectivity index (χ0) is 21.1. The van der Waals surface area contributed by atoms with Crippen LogP contribution in [0.25, 0.3) is 10.6 Å². The van der Waals surface area contributed by atoms with Gasteiger partial charge >= 0.3 is 6.03 Å². The van der Waals surface area contributed by atoms with Crippen LogP contribution in [-0.2, 0) is 4.79 Å². The first-order valence-electron chi connectivity index (χ1n) is 9.24. The van der Waals surface area contributed by atoms with E-state index in [4.69, 9.17) is 11.6 Å². The predicted molar refractivity (Wildman–Crippen MR) is 122 cm³/mol. The molecule has 2 heterocycles. The van der Waals surface area contributed by atoms with Crippen molar-refractivity contribution in [3.05, 3.63) is 58.0 Å². The molecule has 1 saturated heterocycles.